The summed E-state index contributed by atoms with van der Waals surface area (Å²) in [5.41, 5.74) is 1.99. The lowest BCUT2D eigenvalue weighted by atomic mass is 10.1. The molecule has 2 heterocycles. The summed E-state index contributed by atoms with van der Waals surface area (Å²) < 4.78 is 34.8. The Labute approximate surface area is 195 Å². The largest absolute Gasteiger partial charge is 0.496 e. The first-order valence-electron chi connectivity index (χ1n) is 11.5. The van der Waals surface area contributed by atoms with Crippen LogP contribution in [0.25, 0.3) is 10.9 Å². The highest BCUT2D eigenvalue weighted by atomic mass is 32.2. The number of methoxy groups -OCH3 is 1. The van der Waals surface area contributed by atoms with E-state index in [1.807, 2.05) is 47.2 Å². The van der Waals surface area contributed by atoms with Gasteiger partial charge >= 0.3 is 0 Å². The maximum atomic E-state index is 13.0. The summed E-state index contributed by atoms with van der Waals surface area (Å²) in [6.45, 7) is 2.26. The fourth-order valence-corrected chi connectivity index (χ4v) is 5.90. The van der Waals surface area contributed by atoms with Crippen molar-refractivity contribution in [1.82, 2.24) is 14.2 Å². The number of nitrogens with zero attached hydrogens (tertiary/aromatic N) is 2. The van der Waals surface area contributed by atoms with Crippen molar-refractivity contribution >= 4 is 26.8 Å². The summed E-state index contributed by atoms with van der Waals surface area (Å²) in [6.07, 6.45) is 5.88. The van der Waals surface area contributed by atoms with Crippen LogP contribution in [0.5, 0.6) is 5.75 Å². The summed E-state index contributed by atoms with van der Waals surface area (Å²) in [4.78, 5) is 12.7. The Morgan fingerprint density at radius 2 is 1.85 bits per heavy atom. The number of piperidine rings is 1. The van der Waals surface area contributed by atoms with E-state index in [-0.39, 0.29) is 5.91 Å². The number of amides is 1. The van der Waals surface area contributed by atoms with E-state index in [2.05, 4.69) is 5.32 Å². The molecule has 0 unspecified atom stereocenters. The van der Waals surface area contributed by atoms with Crippen molar-refractivity contribution in [2.24, 2.45) is 0 Å². The fraction of sp³-hybridized carbons (Fsp3) is 0.400. The van der Waals surface area contributed by atoms with Crippen molar-refractivity contribution in [2.45, 2.75) is 43.5 Å². The van der Waals surface area contributed by atoms with Gasteiger partial charge in [-0.2, -0.15) is 4.31 Å². The van der Waals surface area contributed by atoms with Crippen molar-refractivity contribution in [3.05, 3.63) is 60.3 Å². The molecule has 1 fully saturated rings. The number of rotatable bonds is 9. The minimum atomic E-state index is -3.46. The number of benzene rings is 2. The Morgan fingerprint density at radius 3 is 2.64 bits per heavy atom. The van der Waals surface area contributed by atoms with Crippen molar-refractivity contribution in [3.8, 4) is 5.75 Å². The summed E-state index contributed by atoms with van der Waals surface area (Å²) in [5, 5.41) is 3.83. The van der Waals surface area contributed by atoms with Gasteiger partial charge in [-0.15, -0.1) is 0 Å². The van der Waals surface area contributed by atoms with E-state index in [0.717, 1.165) is 41.5 Å². The zero-order valence-electron chi connectivity index (χ0n) is 19.0. The zero-order valence-corrected chi connectivity index (χ0v) is 19.8. The lowest BCUT2D eigenvalue weighted by molar-refractivity contribution is -0.121. The molecule has 1 aliphatic rings. The molecule has 0 aliphatic carbocycles. The molecule has 3 aromatic rings. The van der Waals surface area contributed by atoms with Gasteiger partial charge in [0.1, 0.15) is 5.75 Å². The maximum Gasteiger partial charge on any atom is 0.243 e. The molecule has 0 atom stereocenters. The van der Waals surface area contributed by atoms with E-state index < -0.39 is 10.0 Å². The number of aryl methyl sites for hydroxylation is 1. The van der Waals surface area contributed by atoms with Crippen LogP contribution in [-0.2, 0) is 27.8 Å². The number of sulfonamides is 1. The van der Waals surface area contributed by atoms with Crippen LogP contribution >= 0.6 is 0 Å². The average Bonchev–Trinajstić information content (AvgIpc) is 3.26. The van der Waals surface area contributed by atoms with Gasteiger partial charge in [0.25, 0.3) is 0 Å². The number of carbonyl (C=O) groups is 1. The molecule has 4 rings (SSSR count). The molecule has 176 valence electrons. The maximum absolute atomic E-state index is 13.0. The summed E-state index contributed by atoms with van der Waals surface area (Å²) >= 11 is 0. The molecular formula is C25H31N3O4S. The Kier molecular flexibility index (Phi) is 7.35. The lowest BCUT2D eigenvalue weighted by Crippen LogP contribution is -2.35. The quantitative estimate of drug-likeness (QED) is 0.520. The van der Waals surface area contributed by atoms with E-state index in [0.29, 0.717) is 43.9 Å². The Hall–Kier alpha value is -2.84. The molecule has 1 aliphatic heterocycles. The molecule has 1 saturated heterocycles. The molecular weight excluding hydrogens is 438 g/mol. The minimum Gasteiger partial charge on any atom is -0.496 e. The zero-order chi connectivity index (χ0) is 23.3. The van der Waals surface area contributed by atoms with E-state index >= 15 is 0 Å². The Bertz CT molecular complexity index is 1210. The van der Waals surface area contributed by atoms with Crippen molar-refractivity contribution < 1.29 is 17.9 Å². The van der Waals surface area contributed by atoms with Gasteiger partial charge in [0, 0.05) is 49.7 Å². The van der Waals surface area contributed by atoms with Crippen LogP contribution in [0.15, 0.2) is 59.6 Å². The molecule has 1 N–H and O–H groups in total. The predicted molar refractivity (Wildman–Crippen MR) is 129 cm³/mol. The molecule has 0 spiro atoms. The molecule has 2 aromatic carbocycles. The number of aromatic nitrogens is 1. The molecule has 1 amide bonds. The van der Waals surface area contributed by atoms with Crippen LogP contribution in [-0.4, -0.2) is 49.9 Å². The third-order valence-electron chi connectivity index (χ3n) is 6.18. The fourth-order valence-electron chi connectivity index (χ4n) is 4.34. The molecule has 8 heteroatoms. The van der Waals surface area contributed by atoms with Crippen molar-refractivity contribution in [2.75, 3.05) is 26.7 Å². The standard InChI is InChI=1S/C25H31N3O4S/c1-32-24-8-4-3-7-20(24)11-14-26-25(29)13-18-27-17-12-21-19-22(9-10-23(21)27)33(30,31)28-15-5-2-6-16-28/h3-4,7-10,12,17,19H,2,5-6,11,13-16,18H2,1H3,(H,26,29). The molecule has 0 radical (unpaired) electrons. The van der Waals surface area contributed by atoms with Gasteiger partial charge in [-0.25, -0.2) is 8.42 Å². The van der Waals surface area contributed by atoms with Gasteiger partial charge in [0.2, 0.25) is 15.9 Å². The number of nitrogens with one attached hydrogen (secondary N) is 1. The minimum absolute atomic E-state index is 0.0176. The first-order valence-corrected chi connectivity index (χ1v) is 12.9. The molecule has 33 heavy (non-hydrogen) atoms. The van der Waals surface area contributed by atoms with E-state index in [1.165, 1.54) is 0 Å². The van der Waals surface area contributed by atoms with Crippen LogP contribution in [0.4, 0.5) is 0 Å². The van der Waals surface area contributed by atoms with Gasteiger partial charge in [-0.05, 0) is 55.2 Å². The van der Waals surface area contributed by atoms with Crippen LogP contribution in [0, 0.1) is 0 Å². The first-order chi connectivity index (χ1) is 16.0. The van der Waals surface area contributed by atoms with Crippen molar-refractivity contribution in [1.29, 1.82) is 0 Å². The number of ether oxygens (including phenoxy) is 1. The summed E-state index contributed by atoms with van der Waals surface area (Å²) in [6, 6.07) is 15.0. The molecule has 0 bridgehead atoms. The van der Waals surface area contributed by atoms with Crippen LogP contribution in [0.3, 0.4) is 0 Å². The lowest BCUT2D eigenvalue weighted by Gasteiger charge is -2.25. The first kappa shape index (κ1) is 23.3. The number of hydrogen-bond donors (Lipinski definition) is 1. The highest BCUT2D eigenvalue weighted by Gasteiger charge is 2.26. The Morgan fingerprint density at radius 1 is 1.06 bits per heavy atom. The van der Waals surface area contributed by atoms with Crippen LogP contribution in [0.2, 0.25) is 0 Å². The van der Waals surface area contributed by atoms with Crippen LogP contribution in [0.1, 0.15) is 31.2 Å². The van der Waals surface area contributed by atoms with Gasteiger partial charge < -0.3 is 14.6 Å². The average molecular weight is 470 g/mol. The smallest absolute Gasteiger partial charge is 0.243 e. The number of fused-ring (bicyclic) bond motifs is 1. The van der Waals surface area contributed by atoms with Gasteiger partial charge in [0.05, 0.1) is 12.0 Å². The third-order valence-corrected chi connectivity index (χ3v) is 8.08. The van der Waals surface area contributed by atoms with Gasteiger partial charge in [-0.3, -0.25) is 4.79 Å². The number of carbonyl (C=O) groups excluding carboxylic acids is 1. The highest BCUT2D eigenvalue weighted by molar-refractivity contribution is 7.89. The summed E-state index contributed by atoms with van der Waals surface area (Å²) in [7, 11) is -1.81. The number of hydrogen-bond acceptors (Lipinski definition) is 4. The van der Waals surface area contributed by atoms with Gasteiger partial charge in [0.15, 0.2) is 0 Å². The van der Waals surface area contributed by atoms with E-state index in [9.17, 15) is 13.2 Å². The molecule has 1 aromatic heterocycles. The monoisotopic (exact) mass is 469 g/mol. The second-order valence-corrected chi connectivity index (χ2v) is 10.3. The normalized spacial score (nSPS) is 14.9. The molecule has 7 nitrogen and oxygen atoms in total. The Balaban J connectivity index is 1.34. The highest BCUT2D eigenvalue weighted by Crippen LogP contribution is 2.25. The van der Waals surface area contributed by atoms with Crippen LogP contribution < -0.4 is 10.1 Å². The van der Waals surface area contributed by atoms with E-state index in [1.54, 1.807) is 23.5 Å². The third kappa shape index (κ3) is 5.39. The predicted octanol–water partition coefficient (Wildman–Crippen LogP) is 3.57. The SMILES string of the molecule is COc1ccccc1CCNC(=O)CCn1ccc2cc(S(=O)(=O)N3CCCCC3)ccc21. The van der Waals surface area contributed by atoms with E-state index in [4.69, 9.17) is 4.74 Å². The topological polar surface area (TPSA) is 80.6 Å². The number of para-hydroxylation sites is 1. The second kappa shape index (κ2) is 10.4. The molecule has 0 saturated carbocycles. The van der Waals surface area contributed by atoms with Crippen molar-refractivity contribution in [3.63, 3.8) is 0 Å². The van der Waals surface area contributed by atoms with Gasteiger partial charge in [-0.1, -0.05) is 24.6 Å². The second-order valence-electron chi connectivity index (χ2n) is 8.36. The summed E-state index contributed by atoms with van der Waals surface area (Å²) in [5.74, 6) is 0.809.